The summed E-state index contributed by atoms with van der Waals surface area (Å²) < 4.78 is 1.87. The van der Waals surface area contributed by atoms with Crippen LogP contribution in [0.3, 0.4) is 0 Å². The van der Waals surface area contributed by atoms with Gasteiger partial charge in [-0.1, -0.05) is 0 Å². The number of anilines is 1. The van der Waals surface area contributed by atoms with Gasteiger partial charge in [0, 0.05) is 31.4 Å². The third kappa shape index (κ3) is 2.09. The Labute approximate surface area is 99.1 Å². The highest BCUT2D eigenvalue weighted by molar-refractivity contribution is 6.17. The van der Waals surface area contributed by atoms with Crippen LogP contribution >= 0.6 is 11.6 Å². The Morgan fingerprint density at radius 1 is 1.50 bits per heavy atom. The van der Waals surface area contributed by atoms with E-state index in [1.807, 2.05) is 10.6 Å². The molecule has 0 radical (unpaired) electrons. The van der Waals surface area contributed by atoms with Gasteiger partial charge in [-0.25, -0.2) is 4.98 Å². The molecule has 2 rings (SSSR count). The SMILES string of the molecule is CCN(CCCCl)c1nccn2cnnc12. The molecule has 2 aromatic heterocycles. The van der Waals surface area contributed by atoms with Crippen molar-refractivity contribution in [3.8, 4) is 0 Å². The van der Waals surface area contributed by atoms with Crippen molar-refractivity contribution in [3.63, 3.8) is 0 Å². The lowest BCUT2D eigenvalue weighted by Gasteiger charge is -2.21. The zero-order chi connectivity index (χ0) is 11.4. The molecule has 6 heteroatoms. The second-order valence-corrected chi connectivity index (χ2v) is 3.81. The minimum absolute atomic E-state index is 0.659. The maximum Gasteiger partial charge on any atom is 0.203 e. The second-order valence-electron chi connectivity index (χ2n) is 3.43. The molecule has 0 aromatic carbocycles. The number of nitrogens with zero attached hydrogens (tertiary/aromatic N) is 5. The predicted molar refractivity (Wildman–Crippen MR) is 64.0 cm³/mol. The fraction of sp³-hybridized carbons (Fsp3) is 0.500. The molecular weight excluding hydrogens is 226 g/mol. The number of fused-ring (bicyclic) bond motifs is 1. The van der Waals surface area contributed by atoms with Gasteiger partial charge in [0.1, 0.15) is 6.33 Å². The molecule has 0 aliphatic rings. The van der Waals surface area contributed by atoms with E-state index in [1.54, 1.807) is 12.5 Å². The normalized spacial score (nSPS) is 10.9. The van der Waals surface area contributed by atoms with Crippen LogP contribution in [0.15, 0.2) is 18.7 Å². The van der Waals surface area contributed by atoms with Gasteiger partial charge in [0.25, 0.3) is 0 Å². The highest BCUT2D eigenvalue weighted by atomic mass is 35.5. The summed E-state index contributed by atoms with van der Waals surface area (Å²) >= 11 is 5.71. The molecule has 2 aromatic rings. The van der Waals surface area contributed by atoms with E-state index in [0.29, 0.717) is 5.88 Å². The van der Waals surface area contributed by atoms with Crippen LogP contribution in [0.4, 0.5) is 5.82 Å². The van der Waals surface area contributed by atoms with Gasteiger partial charge in [-0.2, -0.15) is 0 Å². The second kappa shape index (κ2) is 5.12. The number of alkyl halides is 1. The summed E-state index contributed by atoms with van der Waals surface area (Å²) in [6.45, 7) is 3.87. The largest absolute Gasteiger partial charge is 0.354 e. The van der Waals surface area contributed by atoms with Crippen molar-refractivity contribution >= 4 is 23.1 Å². The first-order chi connectivity index (χ1) is 7.86. The van der Waals surface area contributed by atoms with Crippen molar-refractivity contribution in [2.24, 2.45) is 0 Å². The van der Waals surface area contributed by atoms with Crippen molar-refractivity contribution in [1.29, 1.82) is 0 Å². The highest BCUT2D eigenvalue weighted by Gasteiger charge is 2.11. The molecule has 86 valence electrons. The van der Waals surface area contributed by atoms with Gasteiger partial charge in [0.15, 0.2) is 5.82 Å². The summed E-state index contributed by atoms with van der Waals surface area (Å²) in [5, 5.41) is 7.95. The van der Waals surface area contributed by atoms with Crippen molar-refractivity contribution in [2.75, 3.05) is 23.9 Å². The fourth-order valence-corrected chi connectivity index (χ4v) is 1.75. The Morgan fingerprint density at radius 2 is 2.38 bits per heavy atom. The molecule has 2 heterocycles. The molecule has 0 N–H and O–H groups in total. The first-order valence-electron chi connectivity index (χ1n) is 5.32. The highest BCUT2D eigenvalue weighted by Crippen LogP contribution is 2.15. The summed E-state index contributed by atoms with van der Waals surface area (Å²) in [6.07, 6.45) is 6.21. The molecule has 0 aliphatic heterocycles. The van der Waals surface area contributed by atoms with Crippen LogP contribution in [-0.4, -0.2) is 38.6 Å². The van der Waals surface area contributed by atoms with Gasteiger partial charge in [0.2, 0.25) is 5.65 Å². The molecule has 0 aliphatic carbocycles. The molecule has 0 atom stereocenters. The summed E-state index contributed by atoms with van der Waals surface area (Å²) in [7, 11) is 0. The van der Waals surface area contributed by atoms with E-state index < -0.39 is 0 Å². The maximum atomic E-state index is 5.71. The van der Waals surface area contributed by atoms with Crippen molar-refractivity contribution in [3.05, 3.63) is 18.7 Å². The number of aromatic nitrogens is 4. The molecule has 16 heavy (non-hydrogen) atoms. The van der Waals surface area contributed by atoms with Crippen molar-refractivity contribution in [1.82, 2.24) is 19.6 Å². The van der Waals surface area contributed by atoms with E-state index in [1.165, 1.54) is 0 Å². The monoisotopic (exact) mass is 239 g/mol. The van der Waals surface area contributed by atoms with E-state index in [4.69, 9.17) is 11.6 Å². The predicted octanol–water partition coefficient (Wildman–Crippen LogP) is 1.58. The minimum atomic E-state index is 0.659. The van der Waals surface area contributed by atoms with Crippen molar-refractivity contribution in [2.45, 2.75) is 13.3 Å². The Kier molecular flexibility index (Phi) is 3.56. The van der Waals surface area contributed by atoms with Crippen LogP contribution in [0, 0.1) is 0 Å². The van der Waals surface area contributed by atoms with Crippen LogP contribution in [0.25, 0.3) is 5.65 Å². The van der Waals surface area contributed by atoms with E-state index in [9.17, 15) is 0 Å². The molecule has 5 nitrogen and oxygen atoms in total. The Bertz CT molecular complexity index is 455. The average molecular weight is 240 g/mol. The number of halogens is 1. The van der Waals surface area contributed by atoms with Crippen LogP contribution in [0.5, 0.6) is 0 Å². The van der Waals surface area contributed by atoms with E-state index in [0.717, 1.165) is 31.0 Å². The molecule has 0 bridgehead atoms. The number of hydrogen-bond donors (Lipinski definition) is 0. The number of rotatable bonds is 5. The van der Waals surface area contributed by atoms with Gasteiger partial charge in [-0.15, -0.1) is 21.8 Å². The maximum absolute atomic E-state index is 5.71. The zero-order valence-electron chi connectivity index (χ0n) is 9.17. The average Bonchev–Trinajstić information content (AvgIpc) is 2.78. The standard InChI is InChI=1S/C10H14ClN5/c1-2-15(6-3-4-11)9-10-14-13-8-16(10)7-5-12-9/h5,7-8H,2-4,6H2,1H3. The molecule has 0 fully saturated rings. The van der Waals surface area contributed by atoms with E-state index in [-0.39, 0.29) is 0 Å². The lowest BCUT2D eigenvalue weighted by atomic mass is 10.4. The van der Waals surface area contributed by atoms with E-state index in [2.05, 4.69) is 27.0 Å². The van der Waals surface area contributed by atoms with Gasteiger partial charge in [0.05, 0.1) is 0 Å². The molecule has 0 spiro atoms. The van der Waals surface area contributed by atoms with Crippen LogP contribution in [0.2, 0.25) is 0 Å². The van der Waals surface area contributed by atoms with Crippen LogP contribution < -0.4 is 4.90 Å². The fourth-order valence-electron chi connectivity index (χ4n) is 1.63. The zero-order valence-corrected chi connectivity index (χ0v) is 9.93. The van der Waals surface area contributed by atoms with Crippen LogP contribution in [-0.2, 0) is 0 Å². The van der Waals surface area contributed by atoms with Gasteiger partial charge in [-0.05, 0) is 13.3 Å². The van der Waals surface area contributed by atoms with Gasteiger partial charge in [-0.3, -0.25) is 4.40 Å². The lowest BCUT2D eigenvalue weighted by Crippen LogP contribution is -2.25. The van der Waals surface area contributed by atoms with E-state index >= 15 is 0 Å². The van der Waals surface area contributed by atoms with Crippen molar-refractivity contribution < 1.29 is 0 Å². The Balaban J connectivity index is 2.32. The molecule has 0 saturated heterocycles. The minimum Gasteiger partial charge on any atom is -0.354 e. The molecule has 0 saturated carbocycles. The first-order valence-corrected chi connectivity index (χ1v) is 5.85. The summed E-state index contributed by atoms with van der Waals surface area (Å²) in [5.41, 5.74) is 0.791. The third-order valence-electron chi connectivity index (χ3n) is 2.44. The Morgan fingerprint density at radius 3 is 3.12 bits per heavy atom. The molecular formula is C10H14ClN5. The third-order valence-corrected chi connectivity index (χ3v) is 2.71. The molecule has 0 amide bonds. The summed E-state index contributed by atoms with van der Waals surface area (Å²) in [5.74, 6) is 1.53. The number of hydrogen-bond acceptors (Lipinski definition) is 4. The quantitative estimate of drug-likeness (QED) is 0.744. The summed E-state index contributed by atoms with van der Waals surface area (Å²) in [4.78, 5) is 6.52. The van der Waals surface area contributed by atoms with Gasteiger partial charge >= 0.3 is 0 Å². The lowest BCUT2D eigenvalue weighted by molar-refractivity contribution is 0.780. The Hall–Kier alpha value is -1.36. The first kappa shape index (κ1) is 11.1. The van der Waals surface area contributed by atoms with Crippen LogP contribution in [0.1, 0.15) is 13.3 Å². The molecule has 0 unspecified atom stereocenters. The van der Waals surface area contributed by atoms with Gasteiger partial charge < -0.3 is 4.90 Å². The smallest absolute Gasteiger partial charge is 0.203 e. The summed E-state index contributed by atoms with van der Waals surface area (Å²) in [6, 6.07) is 0. The topological polar surface area (TPSA) is 46.3 Å².